The predicted octanol–water partition coefficient (Wildman–Crippen LogP) is 10.2. The van der Waals surface area contributed by atoms with Crippen molar-refractivity contribution in [2.24, 2.45) is 0 Å². The fourth-order valence-electron chi connectivity index (χ4n) is 6.06. The summed E-state index contributed by atoms with van der Waals surface area (Å²) in [5.41, 5.74) is 13.0. The van der Waals surface area contributed by atoms with Gasteiger partial charge in [-0.3, -0.25) is 0 Å². The normalized spacial score (nSPS) is 16.7. The van der Waals surface area contributed by atoms with Crippen LogP contribution in [0.5, 0.6) is 0 Å². The highest BCUT2D eigenvalue weighted by atomic mass is 14.3. The molecule has 198 valence electrons. The fourth-order valence-corrected chi connectivity index (χ4v) is 6.06. The first kappa shape index (κ1) is 26.9. The van der Waals surface area contributed by atoms with Crippen LogP contribution in [-0.4, -0.2) is 0 Å². The zero-order chi connectivity index (χ0) is 27.2. The monoisotopic (exact) mass is 510 g/mol. The van der Waals surface area contributed by atoms with E-state index in [1.54, 1.807) is 0 Å². The number of aryl methyl sites for hydroxylation is 2. The van der Waals surface area contributed by atoms with E-state index in [2.05, 4.69) is 137 Å². The molecular formula is C39H42. The Kier molecular flexibility index (Phi) is 8.32. The Morgan fingerprint density at radius 2 is 1.46 bits per heavy atom. The molecule has 0 bridgehead atoms. The summed E-state index contributed by atoms with van der Waals surface area (Å²) in [6.07, 6.45) is 17.8. The number of hydrogen-bond acceptors (Lipinski definition) is 0. The molecule has 39 heavy (non-hydrogen) atoms. The average molecular weight is 511 g/mol. The molecule has 1 atom stereocenters. The zero-order valence-corrected chi connectivity index (χ0v) is 23.9. The van der Waals surface area contributed by atoms with Gasteiger partial charge in [0.05, 0.1) is 0 Å². The molecule has 0 N–H and O–H groups in total. The van der Waals surface area contributed by atoms with E-state index in [0.29, 0.717) is 5.92 Å². The van der Waals surface area contributed by atoms with Crippen LogP contribution in [0.2, 0.25) is 0 Å². The van der Waals surface area contributed by atoms with E-state index in [4.69, 9.17) is 0 Å². The molecule has 0 amide bonds. The maximum Gasteiger partial charge on any atom is 0.0304 e. The maximum atomic E-state index is 4.52. The summed E-state index contributed by atoms with van der Waals surface area (Å²) < 4.78 is 0. The van der Waals surface area contributed by atoms with Crippen molar-refractivity contribution in [1.82, 2.24) is 0 Å². The molecule has 2 aliphatic rings. The van der Waals surface area contributed by atoms with Crippen molar-refractivity contribution in [3.05, 3.63) is 166 Å². The summed E-state index contributed by atoms with van der Waals surface area (Å²) in [5, 5.41) is 0. The maximum absolute atomic E-state index is 4.52. The van der Waals surface area contributed by atoms with Gasteiger partial charge in [0.2, 0.25) is 0 Å². The van der Waals surface area contributed by atoms with Gasteiger partial charge in [0.25, 0.3) is 0 Å². The van der Waals surface area contributed by atoms with E-state index in [9.17, 15) is 0 Å². The predicted molar refractivity (Wildman–Crippen MR) is 168 cm³/mol. The summed E-state index contributed by atoms with van der Waals surface area (Å²) in [4.78, 5) is 0. The first-order chi connectivity index (χ1) is 18.9. The first-order valence-electron chi connectivity index (χ1n) is 14.5. The molecule has 0 aliphatic heterocycles. The van der Waals surface area contributed by atoms with Crippen LogP contribution in [0.3, 0.4) is 0 Å². The Morgan fingerprint density at radius 3 is 2.15 bits per heavy atom. The highest BCUT2D eigenvalue weighted by Crippen LogP contribution is 2.44. The SMILES string of the molecule is C=C(CCC1=CC=C(C2=CC=CC2)C1c1ccc(CCc2ccccc2)cc1)Cc1ccccc1C(C)(C)C. The molecular weight excluding hydrogens is 468 g/mol. The third kappa shape index (κ3) is 6.69. The van der Waals surface area contributed by atoms with Crippen LogP contribution in [0.1, 0.15) is 73.8 Å². The second-order valence-electron chi connectivity index (χ2n) is 12.2. The van der Waals surface area contributed by atoms with Crippen molar-refractivity contribution in [1.29, 1.82) is 0 Å². The smallest absolute Gasteiger partial charge is 0.0304 e. The number of benzene rings is 3. The zero-order valence-electron chi connectivity index (χ0n) is 23.9. The molecule has 0 heteroatoms. The van der Waals surface area contributed by atoms with Crippen molar-refractivity contribution in [2.75, 3.05) is 0 Å². The number of rotatable bonds is 10. The van der Waals surface area contributed by atoms with E-state index in [1.807, 2.05) is 0 Å². The summed E-state index contributed by atoms with van der Waals surface area (Å²) in [5.74, 6) is 0.342. The molecule has 0 radical (unpaired) electrons. The first-order valence-corrected chi connectivity index (χ1v) is 14.5. The molecule has 1 unspecified atom stereocenters. The van der Waals surface area contributed by atoms with Gasteiger partial charge in [-0.1, -0.05) is 148 Å². The molecule has 0 saturated carbocycles. The molecule has 3 aromatic carbocycles. The van der Waals surface area contributed by atoms with Crippen molar-refractivity contribution >= 4 is 0 Å². The van der Waals surface area contributed by atoms with Gasteiger partial charge in [-0.15, -0.1) is 0 Å². The quantitative estimate of drug-likeness (QED) is 0.238. The van der Waals surface area contributed by atoms with Gasteiger partial charge >= 0.3 is 0 Å². The molecule has 0 heterocycles. The van der Waals surface area contributed by atoms with Crippen molar-refractivity contribution in [2.45, 2.75) is 70.6 Å². The largest absolute Gasteiger partial charge is 0.0995 e. The summed E-state index contributed by atoms with van der Waals surface area (Å²) in [6, 6.07) is 29.1. The summed E-state index contributed by atoms with van der Waals surface area (Å²) >= 11 is 0. The van der Waals surface area contributed by atoms with Crippen LogP contribution in [0, 0.1) is 0 Å². The van der Waals surface area contributed by atoms with Gasteiger partial charge in [-0.05, 0) is 82.9 Å². The second kappa shape index (κ2) is 12.0. The van der Waals surface area contributed by atoms with Gasteiger partial charge in [-0.25, -0.2) is 0 Å². The third-order valence-electron chi connectivity index (χ3n) is 8.19. The minimum absolute atomic E-state index is 0.144. The van der Waals surface area contributed by atoms with Gasteiger partial charge in [0.15, 0.2) is 0 Å². The summed E-state index contributed by atoms with van der Waals surface area (Å²) in [6.45, 7) is 11.4. The highest BCUT2D eigenvalue weighted by Gasteiger charge is 2.27. The topological polar surface area (TPSA) is 0 Å². The summed E-state index contributed by atoms with van der Waals surface area (Å²) in [7, 11) is 0. The van der Waals surface area contributed by atoms with Crippen molar-refractivity contribution in [3.8, 4) is 0 Å². The van der Waals surface area contributed by atoms with E-state index < -0.39 is 0 Å². The van der Waals surface area contributed by atoms with Gasteiger partial charge in [-0.2, -0.15) is 0 Å². The fraction of sp³-hybridized carbons (Fsp3) is 0.282. The molecule has 0 nitrogen and oxygen atoms in total. The molecule has 0 spiro atoms. The third-order valence-corrected chi connectivity index (χ3v) is 8.19. The second-order valence-corrected chi connectivity index (χ2v) is 12.2. The van der Waals surface area contributed by atoms with Crippen LogP contribution in [0.15, 0.2) is 138 Å². The van der Waals surface area contributed by atoms with Crippen LogP contribution in [0.25, 0.3) is 0 Å². The Bertz CT molecular complexity index is 1420. The lowest BCUT2D eigenvalue weighted by Gasteiger charge is -2.24. The molecule has 2 aliphatic carbocycles. The minimum Gasteiger partial charge on any atom is -0.0995 e. The van der Waals surface area contributed by atoms with Crippen LogP contribution in [0.4, 0.5) is 0 Å². The molecule has 0 fully saturated rings. The lowest BCUT2D eigenvalue weighted by atomic mass is 9.80. The number of hydrogen-bond donors (Lipinski definition) is 0. The Labute approximate surface area is 236 Å². The highest BCUT2D eigenvalue weighted by molar-refractivity contribution is 5.56. The Hall–Kier alpha value is -3.64. The van der Waals surface area contributed by atoms with E-state index in [-0.39, 0.29) is 5.41 Å². The van der Waals surface area contributed by atoms with Gasteiger partial charge in [0, 0.05) is 5.92 Å². The molecule has 5 rings (SSSR count). The van der Waals surface area contributed by atoms with Crippen LogP contribution in [-0.2, 0) is 24.7 Å². The van der Waals surface area contributed by atoms with Gasteiger partial charge < -0.3 is 0 Å². The minimum atomic E-state index is 0.144. The van der Waals surface area contributed by atoms with Crippen LogP contribution >= 0.6 is 0 Å². The lowest BCUT2D eigenvalue weighted by Crippen LogP contribution is -2.14. The van der Waals surface area contributed by atoms with E-state index in [1.165, 1.54) is 50.1 Å². The lowest BCUT2D eigenvalue weighted by molar-refractivity contribution is 0.583. The van der Waals surface area contributed by atoms with E-state index in [0.717, 1.165) is 38.5 Å². The average Bonchev–Trinajstić information content (AvgIpc) is 3.62. The van der Waals surface area contributed by atoms with Crippen molar-refractivity contribution < 1.29 is 0 Å². The Balaban J connectivity index is 1.27. The van der Waals surface area contributed by atoms with E-state index >= 15 is 0 Å². The van der Waals surface area contributed by atoms with Crippen LogP contribution < -0.4 is 0 Å². The molecule has 3 aromatic rings. The number of allylic oxidation sites excluding steroid dienone is 9. The Morgan fingerprint density at radius 1 is 0.769 bits per heavy atom. The van der Waals surface area contributed by atoms with Crippen molar-refractivity contribution in [3.63, 3.8) is 0 Å². The molecule has 0 aromatic heterocycles. The molecule has 0 saturated heterocycles. The standard InChI is InChI=1S/C39H42/c1-29(28-35-16-10-11-17-37(35)39(2,3)4)18-23-33-26-27-36(32-14-8-9-15-32)38(33)34-24-21-31(22-25-34)20-19-30-12-6-5-7-13-30/h5-14,16-17,21-22,24-27,38H,1,15,18-20,23,28H2,2-4H3. The van der Waals surface area contributed by atoms with Gasteiger partial charge in [0.1, 0.15) is 0 Å².